The molecule has 0 spiro atoms. The van der Waals surface area contributed by atoms with Gasteiger partial charge in [-0.25, -0.2) is 4.39 Å². The summed E-state index contributed by atoms with van der Waals surface area (Å²) in [6.45, 7) is 1.78. The highest BCUT2D eigenvalue weighted by atomic mass is 79.9. The molecule has 0 aliphatic heterocycles. The summed E-state index contributed by atoms with van der Waals surface area (Å²) in [7, 11) is 1.95. The predicted octanol–water partition coefficient (Wildman–Crippen LogP) is 4.15. The Balaban J connectivity index is 1.48. The molecule has 3 aromatic rings. The average Bonchev–Trinajstić information content (AvgIpc) is 3.06. The normalized spacial score (nSPS) is 11.0. The summed E-state index contributed by atoms with van der Waals surface area (Å²) < 4.78 is 25.3. The number of nitrogens with zero attached hydrogens (tertiary/aromatic N) is 3. The quantitative estimate of drug-likeness (QED) is 0.590. The molecule has 1 heterocycles. The molecule has 0 fully saturated rings. The molecule has 0 unspecified atom stereocenters. The summed E-state index contributed by atoms with van der Waals surface area (Å²) in [6.07, 6.45) is 0. The van der Waals surface area contributed by atoms with Gasteiger partial charge >= 0.3 is 0 Å². The van der Waals surface area contributed by atoms with E-state index in [1.165, 1.54) is 12.1 Å². The van der Waals surface area contributed by atoms with E-state index in [1.54, 1.807) is 12.1 Å². The maximum atomic E-state index is 13.0. The molecule has 5 nitrogen and oxygen atoms in total. The number of halogens is 2. The van der Waals surface area contributed by atoms with Crippen LogP contribution in [0.25, 0.3) is 11.5 Å². The first-order valence-electron chi connectivity index (χ1n) is 7.75. The van der Waals surface area contributed by atoms with Gasteiger partial charge in [0.25, 0.3) is 0 Å². The highest BCUT2D eigenvalue weighted by Crippen LogP contribution is 2.19. The lowest BCUT2D eigenvalue weighted by atomic mass is 10.2. The second-order valence-electron chi connectivity index (χ2n) is 5.55. The second-order valence-corrected chi connectivity index (χ2v) is 6.46. The lowest BCUT2D eigenvalue weighted by Gasteiger charge is -2.14. The van der Waals surface area contributed by atoms with Crippen LogP contribution in [0.15, 0.2) is 57.4 Å². The Morgan fingerprint density at radius 2 is 1.80 bits per heavy atom. The van der Waals surface area contributed by atoms with E-state index in [2.05, 4.69) is 26.1 Å². The molecule has 0 N–H and O–H groups in total. The zero-order valence-corrected chi connectivity index (χ0v) is 15.2. The Labute approximate surface area is 153 Å². The van der Waals surface area contributed by atoms with Crippen LogP contribution in [0.3, 0.4) is 0 Å². The van der Waals surface area contributed by atoms with Gasteiger partial charge in [0.1, 0.15) is 18.2 Å². The first-order chi connectivity index (χ1) is 12.1. The standard InChI is InChI=1S/C18H17BrFN3O2/c1-23(10-11-24-16-8-4-14(19)5-9-16)12-17-21-22-18(25-17)13-2-6-15(20)7-3-13/h2-9H,10-12H2,1H3. The van der Waals surface area contributed by atoms with E-state index in [9.17, 15) is 4.39 Å². The van der Waals surface area contributed by atoms with Gasteiger partial charge in [0.05, 0.1) is 6.54 Å². The van der Waals surface area contributed by atoms with Gasteiger partial charge in [-0.3, -0.25) is 4.90 Å². The minimum absolute atomic E-state index is 0.297. The number of benzene rings is 2. The zero-order valence-electron chi connectivity index (χ0n) is 13.7. The molecule has 25 heavy (non-hydrogen) atoms. The molecule has 130 valence electrons. The molecule has 0 atom stereocenters. The Kier molecular flexibility index (Phi) is 5.78. The van der Waals surface area contributed by atoms with Crippen molar-refractivity contribution >= 4 is 15.9 Å². The van der Waals surface area contributed by atoms with Crippen LogP contribution in [-0.4, -0.2) is 35.3 Å². The summed E-state index contributed by atoms with van der Waals surface area (Å²) in [5.41, 5.74) is 0.696. The number of aromatic nitrogens is 2. The summed E-state index contributed by atoms with van der Waals surface area (Å²) in [5.74, 6) is 1.42. The molecule has 0 amide bonds. The first-order valence-corrected chi connectivity index (χ1v) is 8.55. The van der Waals surface area contributed by atoms with Gasteiger partial charge in [-0.2, -0.15) is 0 Å². The Bertz CT molecular complexity index is 806. The zero-order chi connectivity index (χ0) is 17.6. The molecular weight excluding hydrogens is 389 g/mol. The van der Waals surface area contributed by atoms with Gasteiger partial charge in [-0.15, -0.1) is 10.2 Å². The van der Waals surface area contributed by atoms with Gasteiger partial charge in [0.2, 0.25) is 11.8 Å². The number of likely N-dealkylation sites (N-methyl/N-ethyl adjacent to an activating group) is 1. The van der Waals surface area contributed by atoms with Crippen LogP contribution in [0.4, 0.5) is 4.39 Å². The summed E-state index contributed by atoms with van der Waals surface area (Å²) in [5, 5.41) is 8.04. The molecule has 0 saturated carbocycles. The smallest absolute Gasteiger partial charge is 0.247 e. The van der Waals surface area contributed by atoms with Gasteiger partial charge in [0, 0.05) is 16.6 Å². The van der Waals surface area contributed by atoms with E-state index >= 15 is 0 Å². The fourth-order valence-electron chi connectivity index (χ4n) is 2.19. The molecule has 1 aromatic heterocycles. The monoisotopic (exact) mass is 405 g/mol. The van der Waals surface area contributed by atoms with Crippen LogP contribution in [0.2, 0.25) is 0 Å². The van der Waals surface area contributed by atoms with Crippen molar-refractivity contribution in [2.75, 3.05) is 20.2 Å². The Hall–Kier alpha value is -2.25. The van der Waals surface area contributed by atoms with Crippen molar-refractivity contribution in [3.8, 4) is 17.2 Å². The lowest BCUT2D eigenvalue weighted by Crippen LogP contribution is -2.24. The van der Waals surface area contributed by atoms with Crippen LogP contribution in [0.5, 0.6) is 5.75 Å². The highest BCUT2D eigenvalue weighted by Gasteiger charge is 2.11. The van der Waals surface area contributed by atoms with E-state index in [-0.39, 0.29) is 5.82 Å². The SMILES string of the molecule is CN(CCOc1ccc(Br)cc1)Cc1nnc(-c2ccc(F)cc2)o1. The van der Waals surface area contributed by atoms with Crippen LogP contribution in [0.1, 0.15) is 5.89 Å². The fraction of sp³-hybridized carbons (Fsp3) is 0.222. The van der Waals surface area contributed by atoms with E-state index in [1.807, 2.05) is 36.2 Å². The third-order valence-corrected chi connectivity index (χ3v) is 4.05. The van der Waals surface area contributed by atoms with E-state index in [4.69, 9.17) is 9.15 Å². The van der Waals surface area contributed by atoms with Gasteiger partial charge in [-0.1, -0.05) is 15.9 Å². The maximum Gasteiger partial charge on any atom is 0.247 e. The first kappa shape index (κ1) is 17.6. The van der Waals surface area contributed by atoms with E-state index < -0.39 is 0 Å². The van der Waals surface area contributed by atoms with Gasteiger partial charge in [-0.05, 0) is 55.6 Å². The summed E-state index contributed by atoms with van der Waals surface area (Å²) >= 11 is 3.39. The molecule has 3 rings (SSSR count). The largest absolute Gasteiger partial charge is 0.492 e. The fourth-order valence-corrected chi connectivity index (χ4v) is 2.45. The van der Waals surface area contributed by atoms with Crippen molar-refractivity contribution in [3.05, 3.63) is 64.7 Å². The van der Waals surface area contributed by atoms with Crippen molar-refractivity contribution in [1.82, 2.24) is 15.1 Å². The second kappa shape index (κ2) is 8.22. The molecule has 0 aliphatic rings. The number of rotatable bonds is 7. The summed E-state index contributed by atoms with van der Waals surface area (Å²) in [4.78, 5) is 2.03. The van der Waals surface area contributed by atoms with Crippen LogP contribution in [0, 0.1) is 5.82 Å². The molecule has 0 aliphatic carbocycles. The predicted molar refractivity (Wildman–Crippen MR) is 95.7 cm³/mol. The van der Waals surface area contributed by atoms with Crippen molar-refractivity contribution < 1.29 is 13.5 Å². The third-order valence-electron chi connectivity index (χ3n) is 3.52. The number of hydrogen-bond donors (Lipinski definition) is 0. The third kappa shape index (κ3) is 5.11. The Morgan fingerprint density at radius 1 is 1.08 bits per heavy atom. The highest BCUT2D eigenvalue weighted by molar-refractivity contribution is 9.10. The van der Waals surface area contributed by atoms with E-state index in [0.717, 1.165) is 10.2 Å². The molecule has 0 saturated heterocycles. The van der Waals surface area contributed by atoms with Crippen molar-refractivity contribution in [2.45, 2.75) is 6.54 Å². The average molecular weight is 406 g/mol. The van der Waals surface area contributed by atoms with Gasteiger partial charge in [0.15, 0.2) is 0 Å². The van der Waals surface area contributed by atoms with Crippen LogP contribution in [-0.2, 0) is 6.54 Å². The van der Waals surface area contributed by atoms with E-state index in [0.29, 0.717) is 37.0 Å². The topological polar surface area (TPSA) is 51.4 Å². The molecule has 0 radical (unpaired) electrons. The minimum Gasteiger partial charge on any atom is -0.492 e. The number of hydrogen-bond acceptors (Lipinski definition) is 5. The number of ether oxygens (including phenoxy) is 1. The molecule has 2 aromatic carbocycles. The molecule has 0 bridgehead atoms. The summed E-state index contributed by atoms with van der Waals surface area (Å²) in [6, 6.07) is 13.7. The maximum absolute atomic E-state index is 13.0. The van der Waals surface area contributed by atoms with Gasteiger partial charge < -0.3 is 9.15 Å². The van der Waals surface area contributed by atoms with Crippen LogP contribution < -0.4 is 4.74 Å². The Morgan fingerprint density at radius 3 is 2.52 bits per heavy atom. The van der Waals surface area contributed by atoms with Crippen molar-refractivity contribution in [1.29, 1.82) is 0 Å². The van der Waals surface area contributed by atoms with Crippen molar-refractivity contribution in [3.63, 3.8) is 0 Å². The lowest BCUT2D eigenvalue weighted by molar-refractivity contribution is 0.220. The van der Waals surface area contributed by atoms with Crippen molar-refractivity contribution in [2.24, 2.45) is 0 Å². The van der Waals surface area contributed by atoms with Crippen LogP contribution >= 0.6 is 15.9 Å². The molecular formula is C18H17BrFN3O2. The minimum atomic E-state index is -0.297. The molecule has 7 heteroatoms.